The molecule has 2 aromatic carbocycles. The summed E-state index contributed by atoms with van der Waals surface area (Å²) >= 11 is 0. The van der Waals surface area contributed by atoms with Crippen molar-refractivity contribution in [1.29, 1.82) is 0 Å². The van der Waals surface area contributed by atoms with Crippen LogP contribution in [0.3, 0.4) is 0 Å². The normalized spacial score (nSPS) is 22.0. The number of aryl methyl sites for hydroxylation is 1. The predicted octanol–water partition coefficient (Wildman–Crippen LogP) is 4.12. The summed E-state index contributed by atoms with van der Waals surface area (Å²) in [5.74, 6) is 0. The molecular weight excluding hydrogens is 364 g/mol. The largest absolute Gasteiger partial charge is 0.393 e. The molecule has 1 aliphatic rings. The highest BCUT2D eigenvalue weighted by molar-refractivity contribution is 5.63. The van der Waals surface area contributed by atoms with Crippen molar-refractivity contribution in [2.45, 2.75) is 50.9 Å². The van der Waals surface area contributed by atoms with Crippen molar-refractivity contribution in [2.24, 2.45) is 0 Å². The van der Waals surface area contributed by atoms with Crippen LogP contribution in [0.4, 0.5) is 0 Å². The molecular formula is C24H28N2O3. The molecule has 0 aliphatic heterocycles. The van der Waals surface area contributed by atoms with E-state index in [-0.39, 0.29) is 12.7 Å². The molecule has 0 amide bonds. The van der Waals surface area contributed by atoms with Crippen LogP contribution in [-0.4, -0.2) is 33.2 Å². The van der Waals surface area contributed by atoms with Gasteiger partial charge < -0.3 is 14.9 Å². The summed E-state index contributed by atoms with van der Waals surface area (Å²) < 4.78 is 7.94. The molecule has 29 heavy (non-hydrogen) atoms. The van der Waals surface area contributed by atoms with Crippen molar-refractivity contribution in [1.82, 2.24) is 9.78 Å². The molecule has 1 heterocycles. The average Bonchev–Trinajstić information content (AvgIpc) is 3.21. The molecule has 1 saturated carbocycles. The SMILES string of the molecule is COC1(c2cc(-c3ccc(C)cc3)n(-c3ccc(CO)cc3)n2)CCC(O)CC1. The number of hydrogen-bond acceptors (Lipinski definition) is 4. The highest BCUT2D eigenvalue weighted by Crippen LogP contribution is 2.41. The summed E-state index contributed by atoms with van der Waals surface area (Å²) in [7, 11) is 1.73. The molecule has 3 aromatic rings. The summed E-state index contributed by atoms with van der Waals surface area (Å²) in [6.07, 6.45) is 2.66. The van der Waals surface area contributed by atoms with Gasteiger partial charge in [-0.05, 0) is 56.4 Å². The lowest BCUT2D eigenvalue weighted by molar-refractivity contribution is -0.0719. The van der Waals surface area contributed by atoms with Crippen LogP contribution in [0.15, 0.2) is 54.6 Å². The van der Waals surface area contributed by atoms with Gasteiger partial charge >= 0.3 is 0 Å². The van der Waals surface area contributed by atoms with Gasteiger partial charge in [0, 0.05) is 12.7 Å². The third-order valence-electron chi connectivity index (χ3n) is 6.04. The fourth-order valence-electron chi connectivity index (χ4n) is 4.11. The Labute approximate surface area is 171 Å². The summed E-state index contributed by atoms with van der Waals surface area (Å²) in [5, 5.41) is 24.3. The molecule has 0 unspecified atom stereocenters. The number of benzene rings is 2. The zero-order valence-electron chi connectivity index (χ0n) is 17.0. The number of rotatable bonds is 5. The Bertz CT molecular complexity index is 953. The zero-order valence-corrected chi connectivity index (χ0v) is 17.0. The lowest BCUT2D eigenvalue weighted by Crippen LogP contribution is -2.35. The van der Waals surface area contributed by atoms with Crippen LogP contribution in [0.5, 0.6) is 0 Å². The number of nitrogens with zero attached hydrogens (tertiary/aromatic N) is 2. The quantitative estimate of drug-likeness (QED) is 0.686. The minimum Gasteiger partial charge on any atom is -0.393 e. The van der Waals surface area contributed by atoms with Crippen molar-refractivity contribution in [3.05, 3.63) is 71.4 Å². The van der Waals surface area contributed by atoms with Gasteiger partial charge in [0.1, 0.15) is 5.60 Å². The molecule has 5 heteroatoms. The first kappa shape index (κ1) is 19.8. The van der Waals surface area contributed by atoms with E-state index in [0.29, 0.717) is 12.8 Å². The topological polar surface area (TPSA) is 67.5 Å². The number of methoxy groups -OCH3 is 1. The second-order valence-corrected chi connectivity index (χ2v) is 7.95. The van der Waals surface area contributed by atoms with Crippen LogP contribution in [0, 0.1) is 6.92 Å². The van der Waals surface area contributed by atoms with Crippen LogP contribution in [0.1, 0.15) is 42.5 Å². The number of hydrogen-bond donors (Lipinski definition) is 2. The number of aliphatic hydroxyl groups is 2. The smallest absolute Gasteiger partial charge is 0.112 e. The molecule has 5 nitrogen and oxygen atoms in total. The maximum absolute atomic E-state index is 9.97. The fourth-order valence-corrected chi connectivity index (χ4v) is 4.11. The summed E-state index contributed by atoms with van der Waals surface area (Å²) in [4.78, 5) is 0. The number of aromatic nitrogens is 2. The third-order valence-corrected chi connectivity index (χ3v) is 6.04. The Morgan fingerprint density at radius 1 is 1.07 bits per heavy atom. The maximum atomic E-state index is 9.97. The van der Waals surface area contributed by atoms with Crippen LogP contribution < -0.4 is 0 Å². The highest BCUT2D eigenvalue weighted by Gasteiger charge is 2.39. The van der Waals surface area contributed by atoms with E-state index in [2.05, 4.69) is 37.3 Å². The van der Waals surface area contributed by atoms with E-state index < -0.39 is 5.60 Å². The van der Waals surface area contributed by atoms with Crippen LogP contribution in [0.25, 0.3) is 16.9 Å². The maximum Gasteiger partial charge on any atom is 0.112 e. The Balaban J connectivity index is 1.82. The molecule has 1 aliphatic carbocycles. The van der Waals surface area contributed by atoms with Gasteiger partial charge in [0.25, 0.3) is 0 Å². The van der Waals surface area contributed by atoms with Gasteiger partial charge in [0.15, 0.2) is 0 Å². The predicted molar refractivity (Wildman–Crippen MR) is 113 cm³/mol. The minimum absolute atomic E-state index is 0.0184. The van der Waals surface area contributed by atoms with E-state index in [1.54, 1.807) is 7.11 Å². The standard InChI is InChI=1S/C24H28N2O3/c1-17-3-7-19(8-4-17)22-15-23(24(29-2)13-11-21(28)12-14-24)25-26(22)20-9-5-18(16-27)6-10-20/h3-10,15,21,27-28H,11-14,16H2,1-2H3. The van der Waals surface area contributed by atoms with Crippen molar-refractivity contribution in [2.75, 3.05) is 7.11 Å². The van der Waals surface area contributed by atoms with Crippen LogP contribution >= 0.6 is 0 Å². The van der Waals surface area contributed by atoms with Crippen molar-refractivity contribution in [3.8, 4) is 16.9 Å². The molecule has 152 valence electrons. The Morgan fingerprint density at radius 2 is 1.72 bits per heavy atom. The second-order valence-electron chi connectivity index (χ2n) is 7.95. The first-order valence-electron chi connectivity index (χ1n) is 10.2. The van der Waals surface area contributed by atoms with Gasteiger partial charge in [0.2, 0.25) is 0 Å². The fraction of sp³-hybridized carbons (Fsp3) is 0.375. The monoisotopic (exact) mass is 392 g/mol. The lowest BCUT2D eigenvalue weighted by Gasteiger charge is -2.36. The Hall–Kier alpha value is -2.47. The zero-order chi connectivity index (χ0) is 20.4. The molecule has 2 N–H and O–H groups in total. The molecule has 1 fully saturated rings. The number of ether oxygens (including phenoxy) is 1. The molecule has 1 aromatic heterocycles. The Kier molecular flexibility index (Phi) is 5.54. The molecule has 4 rings (SSSR count). The third kappa shape index (κ3) is 3.86. The van der Waals surface area contributed by atoms with E-state index in [9.17, 15) is 10.2 Å². The summed E-state index contributed by atoms with van der Waals surface area (Å²) in [6.45, 7) is 2.10. The minimum atomic E-state index is -0.477. The molecule has 0 radical (unpaired) electrons. The highest BCUT2D eigenvalue weighted by atomic mass is 16.5. The first-order chi connectivity index (χ1) is 14.0. The van der Waals surface area contributed by atoms with E-state index in [0.717, 1.165) is 41.0 Å². The molecule has 0 atom stereocenters. The van der Waals surface area contributed by atoms with E-state index >= 15 is 0 Å². The van der Waals surface area contributed by atoms with Gasteiger partial charge in [-0.25, -0.2) is 4.68 Å². The van der Waals surface area contributed by atoms with Crippen molar-refractivity contribution >= 4 is 0 Å². The van der Waals surface area contributed by atoms with Crippen molar-refractivity contribution < 1.29 is 14.9 Å². The van der Waals surface area contributed by atoms with Gasteiger partial charge in [0.05, 0.1) is 29.8 Å². The molecule has 0 spiro atoms. The Morgan fingerprint density at radius 3 is 2.31 bits per heavy atom. The second kappa shape index (κ2) is 8.11. The van der Waals surface area contributed by atoms with Crippen LogP contribution in [-0.2, 0) is 16.9 Å². The molecule has 0 saturated heterocycles. The number of aliphatic hydroxyl groups excluding tert-OH is 2. The first-order valence-corrected chi connectivity index (χ1v) is 10.2. The summed E-state index contributed by atoms with van der Waals surface area (Å²) in [5.41, 5.74) is 5.52. The van der Waals surface area contributed by atoms with E-state index in [1.165, 1.54) is 5.56 Å². The average molecular weight is 392 g/mol. The van der Waals surface area contributed by atoms with Gasteiger partial charge in [-0.3, -0.25) is 0 Å². The van der Waals surface area contributed by atoms with Crippen LogP contribution in [0.2, 0.25) is 0 Å². The summed E-state index contributed by atoms with van der Waals surface area (Å²) in [6, 6.07) is 18.3. The van der Waals surface area contributed by atoms with Gasteiger partial charge in [-0.1, -0.05) is 42.0 Å². The van der Waals surface area contributed by atoms with Gasteiger partial charge in [-0.2, -0.15) is 5.10 Å². The van der Waals surface area contributed by atoms with E-state index in [4.69, 9.17) is 9.84 Å². The molecule has 0 bridgehead atoms. The van der Waals surface area contributed by atoms with E-state index in [1.807, 2.05) is 28.9 Å². The lowest BCUT2D eigenvalue weighted by atomic mass is 9.80. The van der Waals surface area contributed by atoms with Gasteiger partial charge in [-0.15, -0.1) is 0 Å². The van der Waals surface area contributed by atoms with Crippen molar-refractivity contribution in [3.63, 3.8) is 0 Å².